The molecule has 0 bridgehead atoms. The smallest absolute Gasteiger partial charge is 0.154 e. The Hall–Kier alpha value is -0.0900. The van der Waals surface area contributed by atoms with E-state index in [0.29, 0.717) is 0 Å². The summed E-state index contributed by atoms with van der Waals surface area (Å²) < 4.78 is 23.8. The van der Waals surface area contributed by atoms with Crippen LogP contribution in [-0.2, 0) is 9.84 Å². The zero-order valence-electron chi connectivity index (χ0n) is 11.5. The first kappa shape index (κ1) is 15.9. The molecular formula is C12H27NO2S. The maximum atomic E-state index is 11.9. The summed E-state index contributed by atoms with van der Waals surface area (Å²) in [4.78, 5) is 0. The van der Waals surface area contributed by atoms with Gasteiger partial charge in [0.25, 0.3) is 0 Å². The average molecular weight is 249 g/mol. The van der Waals surface area contributed by atoms with E-state index in [0.717, 1.165) is 13.0 Å². The van der Waals surface area contributed by atoms with Crippen molar-refractivity contribution in [1.29, 1.82) is 0 Å². The second kappa shape index (κ2) is 6.01. The fraction of sp³-hybridized carbons (Fsp3) is 1.00. The van der Waals surface area contributed by atoms with E-state index < -0.39 is 9.84 Å². The first-order valence-corrected chi connectivity index (χ1v) is 7.77. The van der Waals surface area contributed by atoms with Crippen LogP contribution in [0.15, 0.2) is 0 Å². The highest BCUT2D eigenvalue weighted by Gasteiger charge is 2.30. The van der Waals surface area contributed by atoms with Crippen LogP contribution in [0, 0.1) is 5.41 Å². The van der Waals surface area contributed by atoms with E-state index in [1.54, 1.807) is 13.8 Å². The molecule has 1 unspecified atom stereocenters. The van der Waals surface area contributed by atoms with E-state index in [4.69, 9.17) is 0 Å². The molecule has 1 N–H and O–H groups in total. The van der Waals surface area contributed by atoms with E-state index in [1.807, 2.05) is 0 Å². The molecule has 98 valence electrons. The van der Waals surface area contributed by atoms with Crippen LogP contribution in [0.1, 0.15) is 48.0 Å². The predicted molar refractivity (Wildman–Crippen MR) is 70.5 cm³/mol. The minimum Gasteiger partial charge on any atom is -0.312 e. The molecule has 4 heteroatoms. The van der Waals surface area contributed by atoms with Crippen LogP contribution in [0.2, 0.25) is 0 Å². The summed E-state index contributed by atoms with van der Waals surface area (Å²) in [7, 11) is -2.97. The third-order valence-electron chi connectivity index (χ3n) is 2.80. The van der Waals surface area contributed by atoms with Crippen LogP contribution in [0.5, 0.6) is 0 Å². The van der Waals surface area contributed by atoms with Gasteiger partial charge in [0, 0.05) is 6.04 Å². The number of hydrogen-bond acceptors (Lipinski definition) is 3. The fourth-order valence-corrected chi connectivity index (χ4v) is 2.83. The highest BCUT2D eigenvalue weighted by atomic mass is 32.2. The average Bonchev–Trinajstić information content (AvgIpc) is 2.10. The molecule has 0 aromatic carbocycles. The largest absolute Gasteiger partial charge is 0.312 e. The molecule has 0 aliphatic rings. The van der Waals surface area contributed by atoms with Gasteiger partial charge in [0.15, 0.2) is 9.84 Å². The van der Waals surface area contributed by atoms with Crippen molar-refractivity contribution in [2.75, 3.05) is 12.3 Å². The van der Waals surface area contributed by atoms with E-state index in [1.165, 1.54) is 0 Å². The van der Waals surface area contributed by atoms with E-state index in [2.05, 4.69) is 33.0 Å². The summed E-state index contributed by atoms with van der Waals surface area (Å²) >= 11 is 0. The third-order valence-corrected chi connectivity index (χ3v) is 5.04. The Labute approximate surface area is 101 Å². The lowest BCUT2D eigenvalue weighted by Crippen LogP contribution is -2.46. The molecule has 3 nitrogen and oxygen atoms in total. The van der Waals surface area contributed by atoms with Crippen molar-refractivity contribution in [1.82, 2.24) is 5.32 Å². The molecule has 16 heavy (non-hydrogen) atoms. The van der Waals surface area contributed by atoms with Gasteiger partial charge in [-0.25, -0.2) is 8.42 Å². The van der Waals surface area contributed by atoms with Gasteiger partial charge < -0.3 is 5.32 Å². The highest BCUT2D eigenvalue weighted by molar-refractivity contribution is 7.92. The number of hydrogen-bond donors (Lipinski definition) is 1. The third kappa shape index (κ3) is 5.30. The topological polar surface area (TPSA) is 46.2 Å². The lowest BCUT2D eigenvalue weighted by molar-refractivity contribution is 0.288. The van der Waals surface area contributed by atoms with Gasteiger partial charge in [-0.15, -0.1) is 0 Å². The van der Waals surface area contributed by atoms with Crippen LogP contribution >= 0.6 is 0 Å². The molecule has 0 spiro atoms. The first-order chi connectivity index (χ1) is 7.11. The minimum atomic E-state index is -2.97. The van der Waals surface area contributed by atoms with Crippen molar-refractivity contribution in [3.63, 3.8) is 0 Å². The lowest BCUT2D eigenvalue weighted by Gasteiger charge is -2.32. The van der Waals surface area contributed by atoms with E-state index in [-0.39, 0.29) is 22.5 Å². The van der Waals surface area contributed by atoms with Crippen LogP contribution < -0.4 is 5.32 Å². The van der Waals surface area contributed by atoms with Gasteiger partial charge in [0.1, 0.15) is 0 Å². The molecule has 0 fully saturated rings. The molecule has 0 aliphatic heterocycles. The van der Waals surface area contributed by atoms with Gasteiger partial charge in [-0.3, -0.25) is 0 Å². The highest BCUT2D eigenvalue weighted by Crippen LogP contribution is 2.21. The molecule has 0 rings (SSSR count). The zero-order valence-corrected chi connectivity index (χ0v) is 12.3. The SMILES string of the molecule is CCCNC(CS(=O)(=O)C(C)C)C(C)(C)C. The molecule has 0 radical (unpaired) electrons. The normalized spacial score (nSPS) is 15.4. The van der Waals surface area contributed by atoms with Crippen molar-refractivity contribution in [2.45, 2.75) is 59.3 Å². The summed E-state index contributed by atoms with van der Waals surface area (Å²) in [5, 5.41) is 3.05. The summed E-state index contributed by atoms with van der Waals surface area (Å²) in [5.74, 6) is 0.230. The Bertz CT molecular complexity index is 289. The number of rotatable bonds is 6. The maximum absolute atomic E-state index is 11.9. The van der Waals surface area contributed by atoms with Crippen molar-refractivity contribution >= 4 is 9.84 Å². The van der Waals surface area contributed by atoms with Gasteiger partial charge in [0.2, 0.25) is 0 Å². The van der Waals surface area contributed by atoms with E-state index in [9.17, 15) is 8.42 Å². The Morgan fingerprint density at radius 3 is 2.00 bits per heavy atom. The number of sulfone groups is 1. The lowest BCUT2D eigenvalue weighted by atomic mass is 9.88. The molecule has 0 aliphatic carbocycles. The van der Waals surface area contributed by atoms with Gasteiger partial charge in [-0.05, 0) is 32.2 Å². The van der Waals surface area contributed by atoms with Gasteiger partial charge in [-0.2, -0.15) is 0 Å². The minimum absolute atomic E-state index is 0.0276. The molecule has 0 saturated heterocycles. The van der Waals surface area contributed by atoms with Crippen molar-refractivity contribution in [3.8, 4) is 0 Å². The zero-order chi connectivity index (χ0) is 13.0. The van der Waals surface area contributed by atoms with Crippen molar-refractivity contribution in [3.05, 3.63) is 0 Å². The molecule has 0 heterocycles. The van der Waals surface area contributed by atoms with Gasteiger partial charge >= 0.3 is 0 Å². The summed E-state index contributed by atoms with van der Waals surface area (Å²) in [6, 6.07) is 0.0276. The van der Waals surface area contributed by atoms with Crippen LogP contribution in [0.3, 0.4) is 0 Å². The summed E-state index contributed by atoms with van der Waals surface area (Å²) in [5.41, 5.74) is -0.0306. The van der Waals surface area contributed by atoms with Crippen LogP contribution in [0.25, 0.3) is 0 Å². The molecule has 0 saturated carbocycles. The second-order valence-corrected chi connectivity index (χ2v) is 8.35. The van der Waals surface area contributed by atoms with Gasteiger partial charge in [0.05, 0.1) is 11.0 Å². The van der Waals surface area contributed by atoms with Crippen molar-refractivity contribution in [2.24, 2.45) is 5.41 Å². The van der Waals surface area contributed by atoms with Crippen LogP contribution in [0.4, 0.5) is 0 Å². The van der Waals surface area contributed by atoms with Crippen LogP contribution in [-0.4, -0.2) is 32.0 Å². The molecular weight excluding hydrogens is 222 g/mol. The molecule has 0 aromatic rings. The quantitative estimate of drug-likeness (QED) is 0.785. The molecule has 0 aromatic heterocycles. The summed E-state index contributed by atoms with van der Waals surface area (Å²) in [6.45, 7) is 12.7. The Kier molecular flexibility index (Phi) is 5.98. The Morgan fingerprint density at radius 1 is 1.19 bits per heavy atom. The monoisotopic (exact) mass is 249 g/mol. The van der Waals surface area contributed by atoms with E-state index >= 15 is 0 Å². The maximum Gasteiger partial charge on any atom is 0.154 e. The Balaban J connectivity index is 4.69. The van der Waals surface area contributed by atoms with Crippen molar-refractivity contribution < 1.29 is 8.42 Å². The second-order valence-electron chi connectivity index (χ2n) is 5.75. The first-order valence-electron chi connectivity index (χ1n) is 6.06. The predicted octanol–water partition coefficient (Wildman–Crippen LogP) is 2.22. The van der Waals surface area contributed by atoms with Gasteiger partial charge in [-0.1, -0.05) is 27.7 Å². The number of nitrogens with one attached hydrogen (secondary N) is 1. The summed E-state index contributed by atoms with van der Waals surface area (Å²) in [6.07, 6.45) is 1.02. The Morgan fingerprint density at radius 2 is 1.69 bits per heavy atom. The molecule has 0 amide bonds. The fourth-order valence-electron chi connectivity index (χ4n) is 1.36. The standard InChI is InChI=1S/C12H27NO2S/c1-7-8-13-11(12(4,5)6)9-16(14,15)10(2)3/h10-11,13H,7-9H2,1-6H3. The molecule has 1 atom stereocenters.